The molecule has 0 spiro atoms. The number of sulfonamides is 1. The summed E-state index contributed by atoms with van der Waals surface area (Å²) in [4.78, 5) is 0.906. The van der Waals surface area contributed by atoms with Gasteiger partial charge < -0.3 is 10.5 Å². The Morgan fingerprint density at radius 2 is 2.10 bits per heavy atom. The van der Waals surface area contributed by atoms with Gasteiger partial charge in [0.15, 0.2) is 0 Å². The minimum atomic E-state index is -3.46. The molecule has 0 bridgehead atoms. The summed E-state index contributed by atoms with van der Waals surface area (Å²) in [7, 11) is -1.82. The van der Waals surface area contributed by atoms with E-state index < -0.39 is 10.0 Å². The van der Waals surface area contributed by atoms with Crippen LogP contribution in [0.25, 0.3) is 0 Å². The van der Waals surface area contributed by atoms with E-state index in [0.717, 1.165) is 16.9 Å². The molecule has 0 aromatic carbocycles. The Labute approximate surface area is 125 Å². The predicted octanol–water partition coefficient (Wildman–Crippen LogP) is 1.86. The van der Waals surface area contributed by atoms with Crippen molar-refractivity contribution in [1.82, 2.24) is 4.72 Å². The third-order valence-electron chi connectivity index (χ3n) is 3.17. The lowest BCUT2D eigenvalue weighted by molar-refractivity contribution is 0.153. The molecule has 0 aliphatic carbocycles. The number of nitrogens with two attached hydrogens (primary N) is 1. The summed E-state index contributed by atoms with van der Waals surface area (Å²) in [5, 5.41) is 0. The van der Waals surface area contributed by atoms with Gasteiger partial charge in [0.25, 0.3) is 0 Å². The average molecular weight is 320 g/mol. The first-order valence-electron chi connectivity index (χ1n) is 6.50. The summed E-state index contributed by atoms with van der Waals surface area (Å²) in [6.07, 6.45) is 0.795. The SMILES string of the molecule is COCCC(C)(C)CNS(=O)(=O)c1cc(C)c(CN)s1. The van der Waals surface area contributed by atoms with Gasteiger partial charge in [0.1, 0.15) is 4.21 Å². The van der Waals surface area contributed by atoms with Gasteiger partial charge in [-0.1, -0.05) is 13.8 Å². The van der Waals surface area contributed by atoms with Crippen molar-refractivity contribution in [2.24, 2.45) is 11.1 Å². The summed E-state index contributed by atoms with van der Waals surface area (Å²) in [6, 6.07) is 1.68. The first kappa shape index (κ1) is 17.6. The maximum Gasteiger partial charge on any atom is 0.250 e. The van der Waals surface area contributed by atoms with Gasteiger partial charge in [0.2, 0.25) is 10.0 Å². The number of methoxy groups -OCH3 is 1. The highest BCUT2D eigenvalue weighted by Crippen LogP contribution is 2.26. The Morgan fingerprint density at radius 1 is 1.45 bits per heavy atom. The highest BCUT2D eigenvalue weighted by molar-refractivity contribution is 7.91. The van der Waals surface area contributed by atoms with E-state index in [-0.39, 0.29) is 5.41 Å². The lowest BCUT2D eigenvalue weighted by atomic mass is 9.90. The molecule has 0 radical (unpaired) electrons. The van der Waals surface area contributed by atoms with E-state index >= 15 is 0 Å². The van der Waals surface area contributed by atoms with Crippen LogP contribution in [-0.2, 0) is 21.3 Å². The van der Waals surface area contributed by atoms with Crippen molar-refractivity contribution >= 4 is 21.4 Å². The van der Waals surface area contributed by atoms with Gasteiger partial charge >= 0.3 is 0 Å². The van der Waals surface area contributed by atoms with Crippen molar-refractivity contribution in [3.63, 3.8) is 0 Å². The van der Waals surface area contributed by atoms with Crippen molar-refractivity contribution in [1.29, 1.82) is 0 Å². The van der Waals surface area contributed by atoms with Crippen LogP contribution in [0, 0.1) is 12.3 Å². The quantitative estimate of drug-likeness (QED) is 0.766. The van der Waals surface area contributed by atoms with Gasteiger partial charge in [-0.05, 0) is 30.4 Å². The molecule has 0 unspecified atom stereocenters. The van der Waals surface area contributed by atoms with Crippen LogP contribution in [0.3, 0.4) is 0 Å². The van der Waals surface area contributed by atoms with Crippen LogP contribution in [0.1, 0.15) is 30.7 Å². The van der Waals surface area contributed by atoms with Crippen LogP contribution >= 0.6 is 11.3 Å². The Balaban J connectivity index is 2.74. The molecule has 116 valence electrons. The molecule has 5 nitrogen and oxygen atoms in total. The highest BCUT2D eigenvalue weighted by Gasteiger charge is 2.23. The Kier molecular flexibility index (Phi) is 6.15. The van der Waals surface area contributed by atoms with Gasteiger partial charge in [-0.2, -0.15) is 0 Å². The largest absolute Gasteiger partial charge is 0.385 e. The van der Waals surface area contributed by atoms with Crippen molar-refractivity contribution < 1.29 is 13.2 Å². The number of hydrogen-bond donors (Lipinski definition) is 2. The normalized spacial score (nSPS) is 12.8. The summed E-state index contributed by atoms with van der Waals surface area (Å²) in [6.45, 7) is 7.27. The topological polar surface area (TPSA) is 81.4 Å². The maximum absolute atomic E-state index is 12.3. The van der Waals surface area contributed by atoms with Crippen LogP contribution in [0.4, 0.5) is 0 Å². The van der Waals surface area contributed by atoms with E-state index in [1.165, 1.54) is 11.3 Å². The second-order valence-corrected chi connectivity index (χ2v) is 8.74. The summed E-state index contributed by atoms with van der Waals surface area (Å²) in [5.74, 6) is 0. The lowest BCUT2D eigenvalue weighted by Crippen LogP contribution is -2.34. The van der Waals surface area contributed by atoms with Gasteiger partial charge in [-0.3, -0.25) is 0 Å². The number of ether oxygens (including phenoxy) is 1. The van der Waals surface area contributed by atoms with E-state index in [0.29, 0.717) is 23.9 Å². The predicted molar refractivity (Wildman–Crippen MR) is 82.4 cm³/mol. The highest BCUT2D eigenvalue weighted by atomic mass is 32.2. The maximum atomic E-state index is 12.3. The Hall–Kier alpha value is -0.470. The zero-order valence-corrected chi connectivity index (χ0v) is 14.2. The fraction of sp³-hybridized carbons (Fsp3) is 0.692. The third kappa shape index (κ3) is 4.82. The molecular weight excluding hydrogens is 296 g/mol. The second kappa shape index (κ2) is 7.00. The van der Waals surface area contributed by atoms with Crippen LogP contribution in [0.15, 0.2) is 10.3 Å². The summed E-state index contributed by atoms with van der Waals surface area (Å²) < 4.78 is 32.6. The lowest BCUT2D eigenvalue weighted by Gasteiger charge is -2.24. The van der Waals surface area contributed by atoms with E-state index in [1.807, 2.05) is 20.8 Å². The van der Waals surface area contributed by atoms with Crippen molar-refractivity contribution in [2.75, 3.05) is 20.3 Å². The fourth-order valence-corrected chi connectivity index (χ4v) is 4.41. The molecule has 1 aromatic rings. The molecule has 1 rings (SSSR count). The molecule has 0 aliphatic heterocycles. The Bertz CT molecular complexity index is 536. The van der Waals surface area contributed by atoms with E-state index in [4.69, 9.17) is 10.5 Å². The minimum Gasteiger partial charge on any atom is -0.385 e. The van der Waals surface area contributed by atoms with E-state index in [9.17, 15) is 8.42 Å². The molecule has 0 saturated heterocycles. The molecule has 0 amide bonds. The monoisotopic (exact) mass is 320 g/mol. The van der Waals surface area contributed by atoms with Gasteiger partial charge in [0, 0.05) is 31.7 Å². The first-order valence-corrected chi connectivity index (χ1v) is 8.80. The number of rotatable bonds is 8. The first-order chi connectivity index (χ1) is 9.22. The van der Waals surface area contributed by atoms with Crippen molar-refractivity contribution in [3.05, 3.63) is 16.5 Å². The zero-order valence-electron chi connectivity index (χ0n) is 12.5. The third-order valence-corrected chi connectivity index (χ3v) is 6.31. The molecule has 1 heterocycles. The molecule has 7 heteroatoms. The van der Waals surface area contributed by atoms with Crippen molar-refractivity contribution in [2.45, 2.75) is 37.9 Å². The number of hydrogen-bond acceptors (Lipinski definition) is 5. The molecule has 20 heavy (non-hydrogen) atoms. The number of aryl methyl sites for hydroxylation is 1. The molecule has 3 N–H and O–H groups in total. The number of nitrogens with one attached hydrogen (secondary N) is 1. The summed E-state index contributed by atoms with van der Waals surface area (Å²) in [5.41, 5.74) is 6.37. The molecule has 1 aromatic heterocycles. The molecule has 0 aliphatic rings. The number of thiophene rings is 1. The molecular formula is C13H24N2O3S2. The van der Waals surface area contributed by atoms with Gasteiger partial charge in [-0.15, -0.1) is 11.3 Å². The van der Waals surface area contributed by atoms with E-state index in [1.54, 1.807) is 13.2 Å². The zero-order chi connectivity index (χ0) is 15.4. The average Bonchev–Trinajstić information content (AvgIpc) is 2.76. The van der Waals surface area contributed by atoms with E-state index in [2.05, 4.69) is 4.72 Å². The fourth-order valence-electron chi connectivity index (χ4n) is 1.65. The summed E-state index contributed by atoms with van der Waals surface area (Å²) >= 11 is 1.23. The molecule has 0 saturated carbocycles. The standard InChI is InChI=1S/C13H24N2O3S2/c1-10-7-12(19-11(10)8-14)20(16,17)15-9-13(2,3)5-6-18-4/h7,15H,5-6,8-9,14H2,1-4H3. The Morgan fingerprint density at radius 3 is 2.60 bits per heavy atom. The van der Waals surface area contributed by atoms with Gasteiger partial charge in [0.05, 0.1) is 0 Å². The van der Waals surface area contributed by atoms with Crippen LogP contribution < -0.4 is 10.5 Å². The van der Waals surface area contributed by atoms with Crippen molar-refractivity contribution in [3.8, 4) is 0 Å². The molecule has 0 fully saturated rings. The minimum absolute atomic E-state index is 0.147. The van der Waals surface area contributed by atoms with Crippen LogP contribution in [0.5, 0.6) is 0 Å². The smallest absolute Gasteiger partial charge is 0.250 e. The second-order valence-electron chi connectivity index (χ2n) is 5.61. The molecule has 0 atom stereocenters. The van der Waals surface area contributed by atoms with Crippen LogP contribution in [-0.4, -0.2) is 28.7 Å². The van der Waals surface area contributed by atoms with Gasteiger partial charge in [-0.25, -0.2) is 13.1 Å². The van der Waals surface area contributed by atoms with Crippen LogP contribution in [0.2, 0.25) is 0 Å².